The number of benzene rings is 1. The Morgan fingerprint density at radius 3 is 3.00 bits per heavy atom. The van der Waals surface area contributed by atoms with Crippen molar-refractivity contribution < 1.29 is 4.74 Å². The predicted molar refractivity (Wildman–Crippen MR) is 78.8 cm³/mol. The minimum atomic E-state index is -0.170. The van der Waals surface area contributed by atoms with Crippen LogP contribution in [0.25, 0.3) is 10.9 Å². The van der Waals surface area contributed by atoms with Crippen molar-refractivity contribution >= 4 is 22.5 Å². The zero-order valence-electron chi connectivity index (χ0n) is 11.2. The summed E-state index contributed by atoms with van der Waals surface area (Å²) in [5.41, 5.74) is 6.72. The number of aromatic amines is 1. The lowest BCUT2D eigenvalue weighted by molar-refractivity contribution is 0.0699. The number of rotatable bonds is 3. The molecule has 6 nitrogen and oxygen atoms in total. The second kappa shape index (κ2) is 5.50. The smallest absolute Gasteiger partial charge is 0.260 e. The van der Waals surface area contributed by atoms with Gasteiger partial charge in [-0.15, -0.1) is 0 Å². The number of H-pyrrole nitrogens is 1. The van der Waals surface area contributed by atoms with Crippen molar-refractivity contribution in [2.24, 2.45) is 5.92 Å². The van der Waals surface area contributed by atoms with E-state index >= 15 is 0 Å². The number of hydrogen-bond acceptors (Lipinski definition) is 5. The first-order valence-corrected chi connectivity index (χ1v) is 6.83. The average Bonchev–Trinajstić information content (AvgIpc) is 2.47. The Labute approximate surface area is 116 Å². The Kier molecular flexibility index (Phi) is 3.56. The number of anilines is 2. The van der Waals surface area contributed by atoms with Crippen molar-refractivity contribution in [3.63, 3.8) is 0 Å². The highest BCUT2D eigenvalue weighted by atomic mass is 16.5. The molecule has 2 heterocycles. The maximum absolute atomic E-state index is 12.0. The van der Waals surface area contributed by atoms with Crippen molar-refractivity contribution in [1.29, 1.82) is 0 Å². The molecule has 1 aromatic heterocycles. The van der Waals surface area contributed by atoms with Crippen LogP contribution in [-0.2, 0) is 4.74 Å². The molecule has 0 atom stereocenters. The van der Waals surface area contributed by atoms with Crippen molar-refractivity contribution in [2.45, 2.75) is 12.8 Å². The fourth-order valence-corrected chi connectivity index (χ4v) is 2.43. The van der Waals surface area contributed by atoms with Gasteiger partial charge in [-0.05, 0) is 37.0 Å². The van der Waals surface area contributed by atoms with E-state index < -0.39 is 0 Å². The molecule has 0 amide bonds. The van der Waals surface area contributed by atoms with Crippen LogP contribution in [0.3, 0.4) is 0 Å². The number of nitrogen functional groups attached to an aromatic ring is 1. The summed E-state index contributed by atoms with van der Waals surface area (Å²) in [6, 6.07) is 5.15. The minimum Gasteiger partial charge on any atom is -0.399 e. The third kappa shape index (κ3) is 2.75. The topological polar surface area (TPSA) is 93.0 Å². The summed E-state index contributed by atoms with van der Waals surface area (Å²) in [4.78, 5) is 19.2. The number of aromatic nitrogens is 2. The van der Waals surface area contributed by atoms with E-state index in [0.29, 0.717) is 28.5 Å². The van der Waals surface area contributed by atoms with Crippen LogP contribution in [0.15, 0.2) is 23.0 Å². The molecule has 1 saturated heterocycles. The van der Waals surface area contributed by atoms with Gasteiger partial charge in [-0.25, -0.2) is 4.98 Å². The van der Waals surface area contributed by atoms with Gasteiger partial charge < -0.3 is 15.8 Å². The molecule has 4 N–H and O–H groups in total. The highest BCUT2D eigenvalue weighted by Crippen LogP contribution is 2.16. The van der Waals surface area contributed by atoms with Crippen molar-refractivity contribution in [3.05, 3.63) is 28.6 Å². The minimum absolute atomic E-state index is 0.170. The fraction of sp³-hybridized carbons (Fsp3) is 0.429. The monoisotopic (exact) mass is 274 g/mol. The Hall–Kier alpha value is -2.08. The maximum Gasteiger partial charge on any atom is 0.260 e. The third-order valence-corrected chi connectivity index (χ3v) is 3.63. The second-order valence-corrected chi connectivity index (χ2v) is 5.13. The van der Waals surface area contributed by atoms with E-state index in [0.717, 1.165) is 32.6 Å². The second-order valence-electron chi connectivity index (χ2n) is 5.13. The number of nitrogens with one attached hydrogen (secondary N) is 2. The number of fused-ring (bicyclic) bond motifs is 1. The average molecular weight is 274 g/mol. The molecule has 20 heavy (non-hydrogen) atoms. The standard InChI is InChI=1S/C14H18N4O2/c15-10-1-2-12-11(7-10)13(19)18-14(17-12)16-8-9-3-5-20-6-4-9/h1-2,7,9H,3-6,8,15H2,(H2,16,17,18,19). The van der Waals surface area contributed by atoms with Crippen LogP contribution in [0.4, 0.5) is 11.6 Å². The predicted octanol–water partition coefficient (Wildman–Crippen LogP) is 1.34. The van der Waals surface area contributed by atoms with Crippen molar-refractivity contribution in [2.75, 3.05) is 30.8 Å². The van der Waals surface area contributed by atoms with E-state index in [2.05, 4.69) is 15.3 Å². The molecule has 2 aromatic rings. The van der Waals surface area contributed by atoms with E-state index in [4.69, 9.17) is 10.5 Å². The summed E-state index contributed by atoms with van der Waals surface area (Å²) < 4.78 is 5.33. The van der Waals surface area contributed by atoms with Gasteiger partial charge in [-0.1, -0.05) is 0 Å². The summed E-state index contributed by atoms with van der Waals surface area (Å²) in [6.45, 7) is 2.42. The van der Waals surface area contributed by atoms with E-state index in [1.165, 1.54) is 0 Å². The van der Waals surface area contributed by atoms with Crippen molar-refractivity contribution in [3.8, 4) is 0 Å². The lowest BCUT2D eigenvalue weighted by Crippen LogP contribution is -2.24. The first kappa shape index (κ1) is 12.9. The summed E-state index contributed by atoms with van der Waals surface area (Å²) in [7, 11) is 0. The van der Waals surface area contributed by atoms with Gasteiger partial charge in [0, 0.05) is 25.4 Å². The molecule has 1 aromatic carbocycles. The molecule has 0 saturated carbocycles. The molecule has 1 fully saturated rings. The first-order chi connectivity index (χ1) is 9.72. The van der Waals surface area contributed by atoms with Crippen LogP contribution in [0.1, 0.15) is 12.8 Å². The van der Waals surface area contributed by atoms with E-state index in [1.54, 1.807) is 18.2 Å². The number of nitrogens with zero attached hydrogens (tertiary/aromatic N) is 1. The van der Waals surface area contributed by atoms with Crippen molar-refractivity contribution in [1.82, 2.24) is 9.97 Å². The van der Waals surface area contributed by atoms with Gasteiger partial charge in [0.15, 0.2) is 0 Å². The molecule has 1 aliphatic rings. The summed E-state index contributed by atoms with van der Waals surface area (Å²) >= 11 is 0. The number of hydrogen-bond donors (Lipinski definition) is 3. The first-order valence-electron chi connectivity index (χ1n) is 6.83. The van der Waals surface area contributed by atoms with Gasteiger partial charge in [0.25, 0.3) is 5.56 Å². The molecule has 0 unspecified atom stereocenters. The molecule has 0 spiro atoms. The van der Waals surface area contributed by atoms with Gasteiger partial charge in [0.1, 0.15) is 0 Å². The molecule has 3 rings (SSSR count). The quantitative estimate of drug-likeness (QED) is 0.734. The van der Waals surface area contributed by atoms with Gasteiger partial charge in [0.2, 0.25) is 5.95 Å². The van der Waals surface area contributed by atoms with Gasteiger partial charge in [0.05, 0.1) is 10.9 Å². The number of nitrogens with two attached hydrogens (primary N) is 1. The molecule has 6 heteroatoms. The Morgan fingerprint density at radius 1 is 1.40 bits per heavy atom. The fourth-order valence-electron chi connectivity index (χ4n) is 2.43. The van der Waals surface area contributed by atoms with Crippen LogP contribution in [0, 0.1) is 5.92 Å². The largest absolute Gasteiger partial charge is 0.399 e. The zero-order valence-corrected chi connectivity index (χ0v) is 11.2. The molecule has 0 radical (unpaired) electrons. The lowest BCUT2D eigenvalue weighted by Gasteiger charge is -2.22. The summed E-state index contributed by atoms with van der Waals surface area (Å²) in [6.07, 6.45) is 2.09. The molecule has 0 bridgehead atoms. The normalized spacial score (nSPS) is 16.4. The summed E-state index contributed by atoms with van der Waals surface area (Å²) in [5, 5.41) is 3.72. The van der Waals surface area contributed by atoms with Gasteiger partial charge in [-0.2, -0.15) is 0 Å². The Balaban J connectivity index is 1.78. The molecule has 1 aliphatic heterocycles. The molecule has 106 valence electrons. The molecule has 0 aliphatic carbocycles. The Bertz CT molecular complexity index is 662. The Morgan fingerprint density at radius 2 is 2.20 bits per heavy atom. The lowest BCUT2D eigenvalue weighted by atomic mass is 10.0. The molecular formula is C14H18N4O2. The highest BCUT2D eigenvalue weighted by molar-refractivity contribution is 5.81. The third-order valence-electron chi connectivity index (χ3n) is 3.63. The van der Waals surface area contributed by atoms with E-state index in [-0.39, 0.29) is 5.56 Å². The van der Waals surface area contributed by atoms with E-state index in [1.807, 2.05) is 0 Å². The van der Waals surface area contributed by atoms with Crippen LogP contribution in [0.2, 0.25) is 0 Å². The van der Waals surface area contributed by atoms with E-state index in [9.17, 15) is 4.79 Å². The summed E-state index contributed by atoms with van der Waals surface area (Å²) in [5.74, 6) is 1.08. The molecular weight excluding hydrogens is 256 g/mol. The van der Waals surface area contributed by atoms with Crippen LogP contribution in [0.5, 0.6) is 0 Å². The van der Waals surface area contributed by atoms with Crippen LogP contribution in [-0.4, -0.2) is 29.7 Å². The highest BCUT2D eigenvalue weighted by Gasteiger charge is 2.14. The van der Waals surface area contributed by atoms with Crippen LogP contribution >= 0.6 is 0 Å². The number of ether oxygens (including phenoxy) is 1. The maximum atomic E-state index is 12.0. The SMILES string of the molecule is Nc1ccc2nc(NCC3CCOCC3)[nH]c(=O)c2c1. The zero-order chi connectivity index (χ0) is 13.9. The van der Waals surface area contributed by atoms with Crippen LogP contribution < -0.4 is 16.6 Å². The van der Waals surface area contributed by atoms with Gasteiger partial charge in [-0.3, -0.25) is 9.78 Å². The van der Waals surface area contributed by atoms with Gasteiger partial charge >= 0.3 is 0 Å².